The number of pyridine rings is 1. The fourth-order valence-corrected chi connectivity index (χ4v) is 1.92. The van der Waals surface area contributed by atoms with Gasteiger partial charge in [0, 0.05) is 26.2 Å². The Morgan fingerprint density at radius 3 is 2.59 bits per heavy atom. The lowest BCUT2D eigenvalue weighted by atomic mass is 9.96. The average molecular weight is 310 g/mol. The Kier molecular flexibility index (Phi) is 7.84. The highest BCUT2D eigenvalue weighted by Gasteiger charge is 2.17. The van der Waals surface area contributed by atoms with E-state index in [2.05, 4.69) is 4.98 Å². The van der Waals surface area contributed by atoms with E-state index in [1.54, 1.807) is 13.2 Å². The zero-order valence-electron chi connectivity index (χ0n) is 13.8. The predicted molar refractivity (Wildman–Crippen MR) is 84.7 cm³/mol. The van der Waals surface area contributed by atoms with E-state index in [0.717, 1.165) is 18.3 Å². The van der Waals surface area contributed by atoms with Gasteiger partial charge >= 0.3 is 0 Å². The molecule has 0 aliphatic heterocycles. The zero-order chi connectivity index (χ0) is 16.5. The third-order valence-electron chi connectivity index (χ3n) is 3.43. The first-order valence-electron chi connectivity index (χ1n) is 7.43. The SMILES string of the molecule is COCCCOc1cc(CC(N)C(C)C)c(C=O)nc1OC. The van der Waals surface area contributed by atoms with Crippen LogP contribution in [0.2, 0.25) is 0 Å². The van der Waals surface area contributed by atoms with Crippen LogP contribution in [0.3, 0.4) is 0 Å². The maximum atomic E-state index is 11.2. The molecule has 1 aromatic heterocycles. The number of methoxy groups -OCH3 is 2. The van der Waals surface area contributed by atoms with Crippen LogP contribution in [-0.2, 0) is 11.2 Å². The minimum absolute atomic E-state index is 0.0461. The minimum Gasteiger partial charge on any atom is -0.488 e. The molecule has 124 valence electrons. The topological polar surface area (TPSA) is 83.7 Å². The first kappa shape index (κ1) is 18.4. The maximum absolute atomic E-state index is 11.2. The Morgan fingerprint density at radius 2 is 2.05 bits per heavy atom. The van der Waals surface area contributed by atoms with Crippen LogP contribution in [0.5, 0.6) is 11.6 Å². The van der Waals surface area contributed by atoms with E-state index >= 15 is 0 Å². The van der Waals surface area contributed by atoms with E-state index in [9.17, 15) is 4.79 Å². The molecule has 6 nitrogen and oxygen atoms in total. The standard InChI is InChI=1S/C16H26N2O4/c1-11(2)13(17)8-12-9-15(22-7-5-6-20-3)16(21-4)18-14(12)10-19/h9-11,13H,5-8,17H2,1-4H3. The Bertz CT molecular complexity index is 477. The summed E-state index contributed by atoms with van der Waals surface area (Å²) < 4.78 is 15.9. The highest BCUT2D eigenvalue weighted by atomic mass is 16.5. The Hall–Kier alpha value is -1.66. The summed E-state index contributed by atoms with van der Waals surface area (Å²) in [5.74, 6) is 1.14. The van der Waals surface area contributed by atoms with Gasteiger partial charge in [-0.3, -0.25) is 4.79 Å². The second-order valence-electron chi connectivity index (χ2n) is 5.46. The smallest absolute Gasteiger partial charge is 0.257 e. The molecule has 0 saturated carbocycles. The van der Waals surface area contributed by atoms with Crippen molar-refractivity contribution in [1.82, 2.24) is 4.98 Å². The van der Waals surface area contributed by atoms with E-state index in [1.807, 2.05) is 13.8 Å². The second-order valence-corrected chi connectivity index (χ2v) is 5.46. The fourth-order valence-electron chi connectivity index (χ4n) is 1.92. The molecule has 0 aliphatic carbocycles. The molecular formula is C16H26N2O4. The highest BCUT2D eigenvalue weighted by molar-refractivity contribution is 5.75. The molecule has 1 heterocycles. The summed E-state index contributed by atoms with van der Waals surface area (Å²) in [5, 5.41) is 0. The van der Waals surface area contributed by atoms with Crippen LogP contribution in [0, 0.1) is 5.92 Å². The third-order valence-corrected chi connectivity index (χ3v) is 3.43. The molecule has 0 amide bonds. The quantitative estimate of drug-likeness (QED) is 0.524. The van der Waals surface area contributed by atoms with Crippen LogP contribution < -0.4 is 15.2 Å². The number of carbonyl (C=O) groups is 1. The third kappa shape index (κ3) is 5.27. The molecule has 0 radical (unpaired) electrons. The summed E-state index contributed by atoms with van der Waals surface area (Å²) in [6.45, 7) is 5.20. The summed E-state index contributed by atoms with van der Waals surface area (Å²) in [4.78, 5) is 15.5. The number of rotatable bonds is 10. The van der Waals surface area contributed by atoms with Crippen molar-refractivity contribution in [3.05, 3.63) is 17.3 Å². The van der Waals surface area contributed by atoms with Crippen molar-refractivity contribution in [3.8, 4) is 11.6 Å². The first-order chi connectivity index (χ1) is 10.5. The lowest BCUT2D eigenvalue weighted by Gasteiger charge is -2.18. The van der Waals surface area contributed by atoms with Crippen LogP contribution in [0.1, 0.15) is 36.3 Å². The van der Waals surface area contributed by atoms with E-state index in [-0.39, 0.29) is 6.04 Å². The van der Waals surface area contributed by atoms with Crippen LogP contribution in [0.15, 0.2) is 6.07 Å². The summed E-state index contributed by atoms with van der Waals surface area (Å²) in [5.41, 5.74) is 7.22. The van der Waals surface area contributed by atoms with Gasteiger partial charge in [-0.25, -0.2) is 4.98 Å². The molecule has 1 atom stereocenters. The minimum atomic E-state index is -0.0461. The second kappa shape index (κ2) is 9.38. The molecule has 0 spiro atoms. The van der Waals surface area contributed by atoms with Gasteiger partial charge in [-0.1, -0.05) is 13.8 Å². The van der Waals surface area contributed by atoms with Crippen molar-refractivity contribution in [2.24, 2.45) is 11.7 Å². The van der Waals surface area contributed by atoms with Gasteiger partial charge in [0.2, 0.25) is 0 Å². The molecule has 0 bridgehead atoms. The predicted octanol–water partition coefficient (Wildman–Crippen LogP) is 1.84. The van der Waals surface area contributed by atoms with E-state index in [1.165, 1.54) is 7.11 Å². The van der Waals surface area contributed by atoms with Gasteiger partial charge in [0.1, 0.15) is 5.69 Å². The van der Waals surface area contributed by atoms with Crippen LogP contribution in [0.25, 0.3) is 0 Å². The largest absolute Gasteiger partial charge is 0.488 e. The van der Waals surface area contributed by atoms with Gasteiger partial charge in [0.15, 0.2) is 12.0 Å². The average Bonchev–Trinajstić information content (AvgIpc) is 2.51. The molecule has 0 saturated heterocycles. The molecule has 0 aromatic carbocycles. The number of nitrogens with two attached hydrogens (primary N) is 1. The molecule has 6 heteroatoms. The Morgan fingerprint density at radius 1 is 1.32 bits per heavy atom. The summed E-state index contributed by atoms with van der Waals surface area (Å²) in [6, 6.07) is 1.75. The van der Waals surface area contributed by atoms with Crippen molar-refractivity contribution in [2.75, 3.05) is 27.4 Å². The number of nitrogens with zero attached hydrogens (tertiary/aromatic N) is 1. The van der Waals surface area contributed by atoms with Gasteiger partial charge in [-0.2, -0.15) is 0 Å². The molecule has 0 fully saturated rings. The Labute approximate surface area is 132 Å². The van der Waals surface area contributed by atoms with E-state index in [0.29, 0.717) is 42.9 Å². The normalized spacial score (nSPS) is 12.3. The highest BCUT2D eigenvalue weighted by Crippen LogP contribution is 2.28. The van der Waals surface area contributed by atoms with Gasteiger partial charge in [0.05, 0.1) is 13.7 Å². The number of hydrogen-bond acceptors (Lipinski definition) is 6. The first-order valence-corrected chi connectivity index (χ1v) is 7.43. The molecule has 1 unspecified atom stereocenters. The molecule has 0 aliphatic rings. The van der Waals surface area contributed by atoms with Crippen molar-refractivity contribution in [3.63, 3.8) is 0 Å². The number of carbonyl (C=O) groups excluding carboxylic acids is 1. The van der Waals surface area contributed by atoms with Crippen molar-refractivity contribution in [2.45, 2.75) is 32.7 Å². The van der Waals surface area contributed by atoms with Crippen molar-refractivity contribution >= 4 is 6.29 Å². The van der Waals surface area contributed by atoms with Gasteiger partial charge < -0.3 is 19.9 Å². The van der Waals surface area contributed by atoms with Crippen LogP contribution in [-0.4, -0.2) is 44.7 Å². The maximum Gasteiger partial charge on any atom is 0.257 e. The number of aromatic nitrogens is 1. The monoisotopic (exact) mass is 310 g/mol. The van der Waals surface area contributed by atoms with Gasteiger partial charge in [0.25, 0.3) is 5.88 Å². The van der Waals surface area contributed by atoms with Crippen LogP contribution in [0.4, 0.5) is 0 Å². The van der Waals surface area contributed by atoms with E-state index < -0.39 is 0 Å². The summed E-state index contributed by atoms with van der Waals surface area (Å²) in [7, 11) is 3.14. The summed E-state index contributed by atoms with van der Waals surface area (Å²) >= 11 is 0. The van der Waals surface area contributed by atoms with Gasteiger partial charge in [-0.15, -0.1) is 0 Å². The van der Waals surface area contributed by atoms with Crippen LogP contribution >= 0.6 is 0 Å². The Balaban J connectivity index is 2.96. The molecule has 1 rings (SSSR count). The molecular weight excluding hydrogens is 284 g/mol. The van der Waals surface area contributed by atoms with Crippen molar-refractivity contribution < 1.29 is 19.0 Å². The summed E-state index contributed by atoms with van der Waals surface area (Å²) in [6.07, 6.45) is 2.05. The lowest BCUT2D eigenvalue weighted by Crippen LogP contribution is -2.29. The molecule has 1 aromatic rings. The van der Waals surface area contributed by atoms with E-state index in [4.69, 9.17) is 19.9 Å². The fraction of sp³-hybridized carbons (Fsp3) is 0.625. The number of ether oxygens (including phenoxy) is 3. The zero-order valence-corrected chi connectivity index (χ0v) is 13.8. The lowest BCUT2D eigenvalue weighted by molar-refractivity contribution is 0.111. The number of hydrogen-bond donors (Lipinski definition) is 1. The molecule has 2 N–H and O–H groups in total. The number of aldehydes is 1. The van der Waals surface area contributed by atoms with Gasteiger partial charge in [-0.05, 0) is 24.0 Å². The van der Waals surface area contributed by atoms with Crippen molar-refractivity contribution in [1.29, 1.82) is 0 Å². The molecule has 22 heavy (non-hydrogen) atoms.